The maximum atomic E-state index is 14.9. The highest BCUT2D eigenvalue weighted by atomic mass is 19.1. The number of nitrogens with zero attached hydrogens (tertiary/aromatic N) is 1. The molecule has 0 bridgehead atoms. The normalized spacial score (nSPS) is 18.5. The van der Waals surface area contributed by atoms with Crippen molar-refractivity contribution >= 4 is 28.2 Å². The van der Waals surface area contributed by atoms with Crippen LogP contribution in [0, 0.1) is 5.82 Å². The molecule has 0 radical (unpaired) electrons. The molecule has 0 aliphatic heterocycles. The molecule has 4 rings (SSSR count). The van der Waals surface area contributed by atoms with Crippen molar-refractivity contribution in [2.24, 2.45) is 0 Å². The fourth-order valence-corrected chi connectivity index (χ4v) is 4.71. The Hall–Kier alpha value is -2.37. The summed E-state index contributed by atoms with van der Waals surface area (Å²) in [5, 5.41) is 6.31. The average molecular weight is 385 g/mol. The lowest BCUT2D eigenvalue weighted by atomic mass is 9.95. The van der Waals surface area contributed by atoms with Gasteiger partial charge in [-0.3, -0.25) is 9.59 Å². The number of halogens is 1. The summed E-state index contributed by atoms with van der Waals surface area (Å²) in [6.45, 7) is 1.38. The van der Waals surface area contributed by atoms with Gasteiger partial charge in [0.1, 0.15) is 11.5 Å². The number of rotatable bonds is 4. The van der Waals surface area contributed by atoms with Gasteiger partial charge in [-0.15, -0.1) is 0 Å². The van der Waals surface area contributed by atoms with E-state index < -0.39 is 5.82 Å². The number of pyridine rings is 1. The van der Waals surface area contributed by atoms with Gasteiger partial charge in [-0.05, 0) is 37.8 Å². The van der Waals surface area contributed by atoms with Crippen molar-refractivity contribution in [2.75, 3.05) is 10.6 Å². The number of fused-ring (bicyclic) bond motifs is 1. The standard InChI is InChI=1S/C22H28FN3O2/c1-14(27)24-20-13-26(16-9-5-6-10-16)21-12-19(18(23)11-17(21)22(20)28)25-15-7-3-2-4-8-15/h11-13,15-16,25H,2-10H2,1H3,(H,24,27). The predicted molar refractivity (Wildman–Crippen MR) is 110 cm³/mol. The number of anilines is 2. The maximum Gasteiger partial charge on any atom is 0.221 e. The molecule has 1 amide bonds. The zero-order valence-electron chi connectivity index (χ0n) is 16.4. The SMILES string of the molecule is CC(=O)Nc1cn(C2CCCC2)c2cc(NC3CCCCC3)c(F)cc2c1=O. The summed E-state index contributed by atoms with van der Waals surface area (Å²) < 4.78 is 16.9. The van der Waals surface area contributed by atoms with Crippen LogP contribution in [0.3, 0.4) is 0 Å². The highest BCUT2D eigenvalue weighted by Crippen LogP contribution is 2.34. The second kappa shape index (κ2) is 7.94. The van der Waals surface area contributed by atoms with Crippen LogP contribution in [-0.4, -0.2) is 16.5 Å². The molecule has 2 fully saturated rings. The van der Waals surface area contributed by atoms with E-state index in [1.54, 1.807) is 12.3 Å². The smallest absolute Gasteiger partial charge is 0.221 e. The van der Waals surface area contributed by atoms with E-state index in [1.807, 2.05) is 0 Å². The Morgan fingerprint density at radius 3 is 2.39 bits per heavy atom. The Bertz CT molecular complexity index is 941. The number of aromatic nitrogens is 1. The molecule has 5 nitrogen and oxygen atoms in total. The van der Waals surface area contributed by atoms with Gasteiger partial charge in [-0.25, -0.2) is 4.39 Å². The lowest BCUT2D eigenvalue weighted by molar-refractivity contribution is -0.114. The van der Waals surface area contributed by atoms with Crippen molar-refractivity contribution in [1.82, 2.24) is 4.57 Å². The summed E-state index contributed by atoms with van der Waals surface area (Å²) in [6.07, 6.45) is 11.8. The average Bonchev–Trinajstić information content (AvgIpc) is 3.20. The monoisotopic (exact) mass is 385 g/mol. The zero-order chi connectivity index (χ0) is 19.7. The van der Waals surface area contributed by atoms with E-state index in [9.17, 15) is 14.0 Å². The van der Waals surface area contributed by atoms with E-state index in [1.165, 1.54) is 32.3 Å². The first-order valence-corrected chi connectivity index (χ1v) is 10.5. The van der Waals surface area contributed by atoms with Crippen molar-refractivity contribution < 1.29 is 9.18 Å². The van der Waals surface area contributed by atoms with E-state index in [4.69, 9.17) is 0 Å². The molecule has 1 aromatic heterocycles. The molecule has 0 unspecified atom stereocenters. The van der Waals surface area contributed by atoms with E-state index in [0.29, 0.717) is 11.1 Å². The van der Waals surface area contributed by atoms with Crippen LogP contribution in [0.15, 0.2) is 23.1 Å². The van der Waals surface area contributed by atoms with E-state index in [0.717, 1.165) is 44.0 Å². The quantitative estimate of drug-likeness (QED) is 0.782. The van der Waals surface area contributed by atoms with Crippen LogP contribution < -0.4 is 16.1 Å². The second-order valence-electron chi connectivity index (χ2n) is 8.23. The van der Waals surface area contributed by atoms with Crippen molar-refractivity contribution in [3.8, 4) is 0 Å². The number of benzene rings is 1. The fourth-order valence-electron chi connectivity index (χ4n) is 4.71. The minimum absolute atomic E-state index is 0.222. The van der Waals surface area contributed by atoms with Crippen molar-refractivity contribution in [3.63, 3.8) is 0 Å². The molecular formula is C22H28FN3O2. The first-order valence-electron chi connectivity index (χ1n) is 10.5. The molecule has 0 saturated heterocycles. The lowest BCUT2D eigenvalue weighted by Gasteiger charge is -2.25. The molecule has 2 saturated carbocycles. The molecule has 1 heterocycles. The van der Waals surface area contributed by atoms with Crippen LogP contribution in [-0.2, 0) is 4.79 Å². The Labute approximate surface area is 164 Å². The van der Waals surface area contributed by atoms with Crippen molar-refractivity contribution in [2.45, 2.75) is 76.8 Å². The lowest BCUT2D eigenvalue weighted by Crippen LogP contribution is -2.24. The van der Waals surface area contributed by atoms with Crippen LogP contribution in [0.25, 0.3) is 10.9 Å². The molecule has 2 N–H and O–H groups in total. The summed E-state index contributed by atoms with van der Waals surface area (Å²) >= 11 is 0. The predicted octanol–water partition coefficient (Wildman–Crippen LogP) is 4.96. The molecule has 2 aliphatic carbocycles. The second-order valence-corrected chi connectivity index (χ2v) is 8.23. The summed E-state index contributed by atoms with van der Waals surface area (Å²) in [4.78, 5) is 24.4. The number of nitrogens with one attached hydrogen (secondary N) is 2. The van der Waals surface area contributed by atoms with Gasteiger partial charge in [0.15, 0.2) is 0 Å². The highest BCUT2D eigenvalue weighted by molar-refractivity contribution is 5.92. The fraction of sp³-hybridized carbons (Fsp3) is 0.545. The Balaban J connectivity index is 1.82. The molecule has 0 spiro atoms. The summed E-state index contributed by atoms with van der Waals surface area (Å²) in [5.41, 5.74) is 1.10. The first kappa shape index (κ1) is 19.0. The first-order chi connectivity index (χ1) is 13.5. The molecule has 6 heteroatoms. The van der Waals surface area contributed by atoms with Gasteiger partial charge in [0.25, 0.3) is 0 Å². The van der Waals surface area contributed by atoms with Crippen molar-refractivity contribution in [1.29, 1.82) is 0 Å². The van der Waals surface area contributed by atoms with Crippen LogP contribution >= 0.6 is 0 Å². The van der Waals surface area contributed by atoms with Gasteiger partial charge >= 0.3 is 0 Å². The number of amides is 1. The summed E-state index contributed by atoms with van der Waals surface area (Å²) in [6, 6.07) is 3.67. The Morgan fingerprint density at radius 1 is 1.04 bits per heavy atom. The van der Waals surface area contributed by atoms with Crippen LogP contribution in [0.2, 0.25) is 0 Å². The highest BCUT2D eigenvalue weighted by Gasteiger charge is 2.22. The third-order valence-corrected chi connectivity index (χ3v) is 6.11. The van der Waals surface area contributed by atoms with Gasteiger partial charge in [0.2, 0.25) is 11.3 Å². The molecule has 150 valence electrons. The largest absolute Gasteiger partial charge is 0.380 e. The molecule has 28 heavy (non-hydrogen) atoms. The summed E-state index contributed by atoms with van der Waals surface area (Å²) in [7, 11) is 0. The summed E-state index contributed by atoms with van der Waals surface area (Å²) in [5.74, 6) is -0.710. The molecule has 2 aliphatic rings. The van der Waals surface area contributed by atoms with E-state index in [-0.39, 0.29) is 29.1 Å². The minimum Gasteiger partial charge on any atom is -0.380 e. The minimum atomic E-state index is -0.409. The molecular weight excluding hydrogens is 357 g/mol. The number of hydrogen-bond acceptors (Lipinski definition) is 3. The maximum absolute atomic E-state index is 14.9. The molecule has 2 aromatic rings. The molecule has 0 atom stereocenters. The van der Waals surface area contributed by atoms with Crippen LogP contribution in [0.5, 0.6) is 0 Å². The third kappa shape index (κ3) is 3.77. The van der Waals surface area contributed by atoms with Gasteiger partial charge in [-0.1, -0.05) is 32.1 Å². The Morgan fingerprint density at radius 2 is 1.71 bits per heavy atom. The number of carbonyl (C=O) groups is 1. The number of carbonyl (C=O) groups excluding carboxylic acids is 1. The van der Waals surface area contributed by atoms with Crippen molar-refractivity contribution in [3.05, 3.63) is 34.4 Å². The number of hydrogen-bond donors (Lipinski definition) is 2. The van der Waals surface area contributed by atoms with Gasteiger partial charge < -0.3 is 15.2 Å². The van der Waals surface area contributed by atoms with Gasteiger partial charge in [0, 0.05) is 25.2 Å². The van der Waals surface area contributed by atoms with E-state index >= 15 is 0 Å². The topological polar surface area (TPSA) is 63.1 Å². The van der Waals surface area contributed by atoms with Gasteiger partial charge in [0.05, 0.1) is 16.6 Å². The zero-order valence-corrected chi connectivity index (χ0v) is 16.4. The Kier molecular flexibility index (Phi) is 5.38. The molecule has 1 aromatic carbocycles. The van der Waals surface area contributed by atoms with E-state index in [2.05, 4.69) is 15.2 Å². The van der Waals surface area contributed by atoms with Crippen LogP contribution in [0.4, 0.5) is 15.8 Å². The van der Waals surface area contributed by atoms with Gasteiger partial charge in [-0.2, -0.15) is 0 Å². The van der Waals surface area contributed by atoms with Crippen LogP contribution in [0.1, 0.15) is 70.8 Å². The third-order valence-electron chi connectivity index (χ3n) is 6.11.